The van der Waals surface area contributed by atoms with Crippen LogP contribution >= 0.6 is 0 Å². The van der Waals surface area contributed by atoms with Crippen molar-refractivity contribution in [3.8, 4) is 0 Å². The first kappa shape index (κ1) is 11.6. The van der Waals surface area contributed by atoms with Gasteiger partial charge in [0.15, 0.2) is 0 Å². The first-order chi connectivity index (χ1) is 7.83. The quantitative estimate of drug-likeness (QED) is 0.849. The Balaban J connectivity index is 2.12. The summed E-state index contributed by atoms with van der Waals surface area (Å²) in [5.41, 5.74) is 0. The van der Waals surface area contributed by atoms with Gasteiger partial charge in [-0.25, -0.2) is 0 Å². The lowest BCUT2D eigenvalue weighted by atomic mass is 10.0. The van der Waals surface area contributed by atoms with Gasteiger partial charge in [0.25, 0.3) is 0 Å². The van der Waals surface area contributed by atoms with Gasteiger partial charge in [0.2, 0.25) is 0 Å². The van der Waals surface area contributed by atoms with Gasteiger partial charge in [0.1, 0.15) is 11.6 Å². The molecular formula is C12H22N4. The van der Waals surface area contributed by atoms with Crippen molar-refractivity contribution >= 4 is 0 Å². The molecule has 0 spiro atoms. The van der Waals surface area contributed by atoms with Crippen molar-refractivity contribution in [3.05, 3.63) is 11.6 Å². The number of unbranched alkanes of at least 4 members (excludes halogenated alkanes) is 1. The van der Waals surface area contributed by atoms with Gasteiger partial charge in [-0.05, 0) is 32.7 Å². The van der Waals surface area contributed by atoms with E-state index < -0.39 is 0 Å². The highest BCUT2D eigenvalue weighted by atomic mass is 15.3. The highest BCUT2D eigenvalue weighted by Crippen LogP contribution is 2.22. The van der Waals surface area contributed by atoms with Crippen LogP contribution in [0.25, 0.3) is 0 Å². The molecule has 0 saturated carbocycles. The molecule has 0 bridgehead atoms. The van der Waals surface area contributed by atoms with Crippen molar-refractivity contribution in [1.29, 1.82) is 0 Å². The van der Waals surface area contributed by atoms with Crippen molar-refractivity contribution in [2.45, 2.75) is 58.5 Å². The second-order valence-electron chi connectivity index (χ2n) is 4.61. The lowest BCUT2D eigenvalue weighted by molar-refractivity contribution is 0.382. The van der Waals surface area contributed by atoms with Crippen molar-refractivity contribution in [1.82, 2.24) is 20.1 Å². The van der Waals surface area contributed by atoms with Crippen LogP contribution in [-0.2, 0) is 6.54 Å². The van der Waals surface area contributed by atoms with E-state index in [1.807, 2.05) is 0 Å². The summed E-state index contributed by atoms with van der Waals surface area (Å²) in [6.45, 7) is 6.44. The minimum absolute atomic E-state index is 0.423. The molecule has 0 amide bonds. The van der Waals surface area contributed by atoms with Crippen molar-refractivity contribution in [2.75, 3.05) is 6.54 Å². The summed E-state index contributed by atoms with van der Waals surface area (Å²) in [6, 6.07) is 0.423. The highest BCUT2D eigenvalue weighted by molar-refractivity contribution is 5.01. The largest absolute Gasteiger partial charge is 0.314 e. The van der Waals surface area contributed by atoms with Gasteiger partial charge in [-0.2, -0.15) is 0 Å². The number of rotatable bonds is 4. The molecule has 1 aliphatic heterocycles. The van der Waals surface area contributed by atoms with Crippen LogP contribution in [0.1, 0.15) is 56.7 Å². The Bertz CT molecular complexity index is 326. The van der Waals surface area contributed by atoms with E-state index >= 15 is 0 Å². The molecule has 2 heterocycles. The second-order valence-corrected chi connectivity index (χ2v) is 4.61. The molecule has 1 unspecified atom stereocenters. The predicted molar refractivity (Wildman–Crippen MR) is 64.3 cm³/mol. The number of nitrogens with zero attached hydrogens (tertiary/aromatic N) is 3. The Labute approximate surface area is 97.5 Å². The molecular weight excluding hydrogens is 200 g/mol. The summed E-state index contributed by atoms with van der Waals surface area (Å²) in [5.74, 6) is 2.20. The van der Waals surface area contributed by atoms with E-state index in [-0.39, 0.29) is 0 Å². The molecule has 1 atom stereocenters. The molecule has 4 heteroatoms. The van der Waals surface area contributed by atoms with Crippen LogP contribution in [0.2, 0.25) is 0 Å². The Morgan fingerprint density at radius 2 is 2.25 bits per heavy atom. The molecule has 16 heavy (non-hydrogen) atoms. The smallest absolute Gasteiger partial charge is 0.150 e. The van der Waals surface area contributed by atoms with Crippen molar-refractivity contribution in [2.24, 2.45) is 0 Å². The van der Waals surface area contributed by atoms with Crippen LogP contribution in [0.5, 0.6) is 0 Å². The lowest BCUT2D eigenvalue weighted by Crippen LogP contribution is -2.29. The average molecular weight is 222 g/mol. The monoisotopic (exact) mass is 222 g/mol. The maximum atomic E-state index is 4.34. The Morgan fingerprint density at radius 1 is 1.38 bits per heavy atom. The van der Waals surface area contributed by atoms with Gasteiger partial charge in [-0.3, -0.25) is 0 Å². The van der Waals surface area contributed by atoms with E-state index in [1.54, 1.807) is 0 Å². The SMILES string of the molecule is CCCCn1c(C)nnc1C1CCCCN1. The topological polar surface area (TPSA) is 42.7 Å². The summed E-state index contributed by atoms with van der Waals surface area (Å²) in [6.07, 6.45) is 6.22. The molecule has 0 aromatic carbocycles. The molecule has 1 aliphatic rings. The minimum atomic E-state index is 0.423. The minimum Gasteiger partial charge on any atom is -0.314 e. The van der Waals surface area contributed by atoms with E-state index in [2.05, 4.69) is 33.9 Å². The number of piperidine rings is 1. The van der Waals surface area contributed by atoms with Crippen LogP contribution in [0, 0.1) is 6.92 Å². The standard InChI is InChI=1S/C12H22N4/c1-3-4-9-16-10(2)14-15-12(16)11-7-5-6-8-13-11/h11,13H,3-9H2,1-2H3. The zero-order valence-corrected chi connectivity index (χ0v) is 10.4. The maximum absolute atomic E-state index is 4.34. The van der Waals surface area contributed by atoms with Gasteiger partial charge in [-0.1, -0.05) is 19.8 Å². The third-order valence-electron chi connectivity index (χ3n) is 3.32. The normalized spacial score (nSPS) is 21.2. The van der Waals surface area contributed by atoms with E-state index in [4.69, 9.17) is 0 Å². The van der Waals surface area contributed by atoms with Gasteiger partial charge >= 0.3 is 0 Å². The van der Waals surface area contributed by atoms with E-state index in [0.29, 0.717) is 6.04 Å². The fourth-order valence-corrected chi connectivity index (χ4v) is 2.32. The molecule has 1 aromatic rings. The van der Waals surface area contributed by atoms with E-state index in [9.17, 15) is 0 Å². The third kappa shape index (κ3) is 2.43. The van der Waals surface area contributed by atoms with Crippen LogP contribution in [0.4, 0.5) is 0 Å². The van der Waals surface area contributed by atoms with Crippen LogP contribution in [-0.4, -0.2) is 21.3 Å². The van der Waals surface area contributed by atoms with Gasteiger partial charge in [-0.15, -0.1) is 10.2 Å². The Hall–Kier alpha value is -0.900. The Morgan fingerprint density at radius 3 is 2.94 bits per heavy atom. The summed E-state index contributed by atoms with van der Waals surface area (Å²) in [5, 5.41) is 12.1. The number of nitrogens with one attached hydrogen (secondary N) is 1. The average Bonchev–Trinajstić information content (AvgIpc) is 2.69. The van der Waals surface area contributed by atoms with E-state index in [1.165, 1.54) is 32.1 Å². The van der Waals surface area contributed by atoms with Gasteiger partial charge in [0.05, 0.1) is 6.04 Å². The highest BCUT2D eigenvalue weighted by Gasteiger charge is 2.21. The zero-order chi connectivity index (χ0) is 11.4. The fourth-order valence-electron chi connectivity index (χ4n) is 2.32. The third-order valence-corrected chi connectivity index (χ3v) is 3.32. The molecule has 0 aliphatic carbocycles. The first-order valence-electron chi connectivity index (χ1n) is 6.46. The first-order valence-corrected chi connectivity index (χ1v) is 6.46. The van der Waals surface area contributed by atoms with Crippen LogP contribution < -0.4 is 5.32 Å². The molecule has 0 radical (unpaired) electrons. The molecule has 1 aromatic heterocycles. The van der Waals surface area contributed by atoms with Crippen LogP contribution in [0.3, 0.4) is 0 Å². The number of aryl methyl sites for hydroxylation is 1. The van der Waals surface area contributed by atoms with E-state index in [0.717, 1.165) is 24.7 Å². The molecule has 90 valence electrons. The van der Waals surface area contributed by atoms with Gasteiger partial charge < -0.3 is 9.88 Å². The zero-order valence-electron chi connectivity index (χ0n) is 10.4. The molecule has 1 N–H and O–H groups in total. The second kappa shape index (κ2) is 5.43. The molecule has 4 nitrogen and oxygen atoms in total. The van der Waals surface area contributed by atoms with Crippen molar-refractivity contribution in [3.63, 3.8) is 0 Å². The summed E-state index contributed by atoms with van der Waals surface area (Å²) < 4.78 is 2.28. The molecule has 1 saturated heterocycles. The van der Waals surface area contributed by atoms with Gasteiger partial charge in [0, 0.05) is 6.54 Å². The number of hydrogen-bond acceptors (Lipinski definition) is 3. The summed E-state index contributed by atoms with van der Waals surface area (Å²) >= 11 is 0. The maximum Gasteiger partial charge on any atom is 0.150 e. The summed E-state index contributed by atoms with van der Waals surface area (Å²) in [4.78, 5) is 0. The molecule has 2 rings (SSSR count). The number of aromatic nitrogens is 3. The fraction of sp³-hybridized carbons (Fsp3) is 0.833. The predicted octanol–water partition coefficient (Wildman–Crippen LogP) is 2.20. The van der Waals surface area contributed by atoms with Crippen molar-refractivity contribution < 1.29 is 0 Å². The lowest BCUT2D eigenvalue weighted by Gasteiger charge is -2.23. The summed E-state index contributed by atoms with van der Waals surface area (Å²) in [7, 11) is 0. The molecule has 1 fully saturated rings. The Kier molecular flexibility index (Phi) is 3.93. The number of hydrogen-bond donors (Lipinski definition) is 1. The van der Waals surface area contributed by atoms with Crippen LogP contribution in [0.15, 0.2) is 0 Å².